The van der Waals surface area contributed by atoms with Gasteiger partial charge in [0.25, 0.3) is 0 Å². The van der Waals surface area contributed by atoms with Gasteiger partial charge in [-0.05, 0) is 6.42 Å². The Morgan fingerprint density at radius 2 is 2.42 bits per heavy atom. The van der Waals surface area contributed by atoms with Crippen LogP contribution in [0.25, 0.3) is 0 Å². The molecular formula is C8H13NO3. The summed E-state index contributed by atoms with van der Waals surface area (Å²) < 4.78 is 4.68. The van der Waals surface area contributed by atoms with Gasteiger partial charge in [0.05, 0.1) is 18.9 Å². The highest BCUT2D eigenvalue weighted by atomic mass is 16.5. The van der Waals surface area contributed by atoms with Crippen LogP contribution in [0.5, 0.6) is 0 Å². The summed E-state index contributed by atoms with van der Waals surface area (Å²) in [6.45, 7) is 5.23. The van der Waals surface area contributed by atoms with Crippen LogP contribution in [0.15, 0.2) is 18.0 Å². The molecule has 0 aromatic heterocycles. The molecule has 4 nitrogen and oxygen atoms in total. The van der Waals surface area contributed by atoms with Crippen molar-refractivity contribution in [1.29, 1.82) is 0 Å². The zero-order chi connectivity index (χ0) is 9.40. The van der Waals surface area contributed by atoms with Crippen LogP contribution in [0.3, 0.4) is 0 Å². The summed E-state index contributed by atoms with van der Waals surface area (Å²) in [5.74, 6) is 0. The van der Waals surface area contributed by atoms with Crippen LogP contribution in [0.4, 0.5) is 4.79 Å². The average Bonchev–Trinajstić information content (AvgIpc) is 2.10. The molecule has 2 N–H and O–H groups in total. The third-order valence-corrected chi connectivity index (χ3v) is 1.06. The van der Waals surface area contributed by atoms with Gasteiger partial charge >= 0.3 is 6.09 Å². The molecular weight excluding hydrogens is 158 g/mol. The molecule has 0 aliphatic heterocycles. The van der Waals surface area contributed by atoms with Crippen molar-refractivity contribution in [2.24, 2.45) is 0 Å². The van der Waals surface area contributed by atoms with Crippen molar-refractivity contribution < 1.29 is 14.6 Å². The fourth-order valence-corrected chi connectivity index (χ4v) is 0.494. The van der Waals surface area contributed by atoms with Crippen LogP contribution in [-0.4, -0.2) is 24.4 Å². The van der Waals surface area contributed by atoms with Gasteiger partial charge in [-0.1, -0.05) is 13.5 Å². The SMILES string of the molecule is C=C=C(CO)NC(=O)OCCC. The fraction of sp³-hybridized carbons (Fsp3) is 0.500. The van der Waals surface area contributed by atoms with Crippen molar-refractivity contribution in [3.8, 4) is 0 Å². The lowest BCUT2D eigenvalue weighted by Gasteiger charge is -2.04. The number of carbonyl (C=O) groups is 1. The number of hydrogen-bond donors (Lipinski definition) is 2. The third kappa shape index (κ3) is 4.55. The molecule has 0 aliphatic carbocycles. The topological polar surface area (TPSA) is 58.6 Å². The van der Waals surface area contributed by atoms with E-state index in [1.807, 2.05) is 6.92 Å². The summed E-state index contributed by atoms with van der Waals surface area (Å²) in [5, 5.41) is 10.9. The lowest BCUT2D eigenvalue weighted by molar-refractivity contribution is 0.147. The number of ether oxygens (including phenoxy) is 1. The van der Waals surface area contributed by atoms with Gasteiger partial charge in [0.15, 0.2) is 0 Å². The minimum Gasteiger partial charge on any atom is -0.449 e. The number of alkyl carbamates (subject to hydrolysis) is 1. The molecule has 0 spiro atoms. The van der Waals surface area contributed by atoms with Gasteiger partial charge in [-0.3, -0.25) is 5.32 Å². The summed E-state index contributed by atoms with van der Waals surface area (Å²) in [4.78, 5) is 10.8. The van der Waals surface area contributed by atoms with Crippen LogP contribution < -0.4 is 5.32 Å². The number of aliphatic hydroxyl groups excluding tert-OH is 1. The normalized spacial score (nSPS) is 8.50. The predicted octanol–water partition coefficient (Wildman–Crippen LogP) is 0.784. The molecule has 68 valence electrons. The van der Waals surface area contributed by atoms with E-state index in [-0.39, 0.29) is 12.3 Å². The van der Waals surface area contributed by atoms with E-state index < -0.39 is 6.09 Å². The second-order valence-corrected chi connectivity index (χ2v) is 2.07. The smallest absolute Gasteiger partial charge is 0.411 e. The molecule has 0 saturated heterocycles. The van der Waals surface area contributed by atoms with E-state index >= 15 is 0 Å². The standard InChI is InChI=1S/C8H13NO3/c1-3-5-12-8(11)9-7(4-2)6-10/h10H,2-3,5-6H2,1H3,(H,9,11). The van der Waals surface area contributed by atoms with E-state index in [4.69, 9.17) is 5.11 Å². The largest absolute Gasteiger partial charge is 0.449 e. The van der Waals surface area contributed by atoms with Gasteiger partial charge in [-0.2, -0.15) is 0 Å². The van der Waals surface area contributed by atoms with Gasteiger partial charge in [-0.25, -0.2) is 4.79 Å². The molecule has 0 aromatic carbocycles. The minimum absolute atomic E-state index is 0.219. The van der Waals surface area contributed by atoms with E-state index in [0.29, 0.717) is 6.61 Å². The maximum Gasteiger partial charge on any atom is 0.411 e. The van der Waals surface area contributed by atoms with Gasteiger partial charge in [0.2, 0.25) is 0 Å². The first-order valence-corrected chi connectivity index (χ1v) is 3.68. The Bertz CT molecular complexity index is 194. The molecule has 0 heterocycles. The summed E-state index contributed by atoms with van der Waals surface area (Å²) >= 11 is 0. The highest BCUT2D eigenvalue weighted by Gasteiger charge is 2.02. The van der Waals surface area contributed by atoms with Crippen molar-refractivity contribution in [2.45, 2.75) is 13.3 Å². The lowest BCUT2D eigenvalue weighted by atomic mass is 10.5. The molecule has 0 radical (unpaired) electrons. The van der Waals surface area contributed by atoms with Gasteiger partial charge in [0.1, 0.15) is 0 Å². The van der Waals surface area contributed by atoms with Crippen molar-refractivity contribution in [3.05, 3.63) is 18.0 Å². The quantitative estimate of drug-likeness (QED) is 0.614. The number of aliphatic hydroxyl groups is 1. The second-order valence-electron chi connectivity index (χ2n) is 2.07. The molecule has 0 saturated carbocycles. The number of rotatable bonds is 4. The molecule has 0 atom stereocenters. The van der Waals surface area contributed by atoms with Crippen molar-refractivity contribution in [1.82, 2.24) is 5.32 Å². The first-order chi connectivity index (χ1) is 5.74. The van der Waals surface area contributed by atoms with Gasteiger partial charge in [0, 0.05) is 0 Å². The Kier molecular flexibility index (Phi) is 5.79. The highest BCUT2D eigenvalue weighted by Crippen LogP contribution is 1.87. The average molecular weight is 171 g/mol. The van der Waals surface area contributed by atoms with Crippen molar-refractivity contribution in [2.75, 3.05) is 13.2 Å². The molecule has 0 unspecified atom stereocenters. The first kappa shape index (κ1) is 10.8. The Balaban J connectivity index is 3.75. The summed E-state index contributed by atoms with van der Waals surface area (Å²) in [7, 11) is 0. The monoisotopic (exact) mass is 171 g/mol. The number of carbonyl (C=O) groups excluding carboxylic acids is 1. The van der Waals surface area contributed by atoms with Gasteiger partial charge in [-0.15, -0.1) is 5.73 Å². The van der Waals surface area contributed by atoms with Crippen LogP contribution in [0.2, 0.25) is 0 Å². The van der Waals surface area contributed by atoms with E-state index in [9.17, 15) is 4.79 Å². The van der Waals surface area contributed by atoms with E-state index in [2.05, 4.69) is 22.4 Å². The van der Waals surface area contributed by atoms with E-state index in [0.717, 1.165) is 6.42 Å². The minimum atomic E-state index is -0.586. The third-order valence-electron chi connectivity index (χ3n) is 1.06. The summed E-state index contributed by atoms with van der Waals surface area (Å²) in [6, 6.07) is 0. The van der Waals surface area contributed by atoms with Crippen LogP contribution in [-0.2, 0) is 4.74 Å². The molecule has 12 heavy (non-hydrogen) atoms. The van der Waals surface area contributed by atoms with Crippen LogP contribution >= 0.6 is 0 Å². The van der Waals surface area contributed by atoms with Crippen molar-refractivity contribution in [3.63, 3.8) is 0 Å². The number of amides is 1. The molecule has 0 rings (SSSR count). The fourth-order valence-electron chi connectivity index (χ4n) is 0.494. The van der Waals surface area contributed by atoms with Crippen LogP contribution in [0.1, 0.15) is 13.3 Å². The van der Waals surface area contributed by atoms with E-state index in [1.165, 1.54) is 0 Å². The maximum absolute atomic E-state index is 10.8. The number of hydrogen-bond acceptors (Lipinski definition) is 3. The molecule has 1 amide bonds. The molecule has 4 heteroatoms. The molecule has 0 fully saturated rings. The molecule has 0 bridgehead atoms. The maximum atomic E-state index is 10.8. The Morgan fingerprint density at radius 3 is 2.83 bits per heavy atom. The van der Waals surface area contributed by atoms with Gasteiger partial charge < -0.3 is 9.84 Å². The summed E-state index contributed by atoms with van der Waals surface area (Å²) in [5.41, 5.74) is 2.58. The highest BCUT2D eigenvalue weighted by molar-refractivity contribution is 5.69. The summed E-state index contributed by atoms with van der Waals surface area (Å²) in [6.07, 6.45) is 0.178. The van der Waals surface area contributed by atoms with Crippen LogP contribution in [0, 0.1) is 0 Å². The first-order valence-electron chi connectivity index (χ1n) is 3.68. The zero-order valence-electron chi connectivity index (χ0n) is 7.09. The molecule has 0 aliphatic rings. The van der Waals surface area contributed by atoms with Crippen molar-refractivity contribution >= 4 is 6.09 Å². The Labute approximate surface area is 71.5 Å². The lowest BCUT2D eigenvalue weighted by Crippen LogP contribution is -2.25. The van der Waals surface area contributed by atoms with E-state index in [1.54, 1.807) is 0 Å². The Morgan fingerprint density at radius 1 is 1.75 bits per heavy atom. The predicted molar refractivity (Wildman–Crippen MR) is 44.5 cm³/mol. The molecule has 0 aromatic rings. The number of nitrogens with one attached hydrogen (secondary N) is 1. The Hall–Kier alpha value is -1.25. The zero-order valence-corrected chi connectivity index (χ0v) is 7.09. The second kappa shape index (κ2) is 6.46.